The van der Waals surface area contributed by atoms with Gasteiger partial charge in [-0.1, -0.05) is 80.8 Å². The summed E-state index contributed by atoms with van der Waals surface area (Å²) in [5.41, 5.74) is 3.97. The highest BCUT2D eigenvalue weighted by Crippen LogP contribution is 2.43. The molecule has 2 bridgehead atoms. The second-order valence-corrected chi connectivity index (χ2v) is 13.5. The summed E-state index contributed by atoms with van der Waals surface area (Å²) in [6.07, 6.45) is 17.6. The largest absolute Gasteiger partial charge is 0.491 e. The Bertz CT molecular complexity index is 1770. The zero-order valence-electron chi connectivity index (χ0n) is 30.1. The van der Waals surface area contributed by atoms with E-state index in [1.165, 1.54) is 44.2 Å². The zero-order valence-corrected chi connectivity index (χ0v) is 30.1. The molecule has 3 aromatic carbocycles. The molecular weight excluding hydrogens is 642 g/mol. The predicted octanol–water partition coefficient (Wildman–Crippen LogP) is 10.4. The molecule has 6 heteroatoms. The van der Waals surface area contributed by atoms with Crippen molar-refractivity contribution in [3.05, 3.63) is 106 Å². The van der Waals surface area contributed by atoms with Crippen LogP contribution in [-0.2, 0) is 16.0 Å². The summed E-state index contributed by atoms with van der Waals surface area (Å²) >= 11 is 0. The first-order valence-electron chi connectivity index (χ1n) is 18.8. The molecule has 3 aromatic rings. The molecule has 3 atom stereocenters. The minimum atomic E-state index is -0.429. The van der Waals surface area contributed by atoms with E-state index in [1.807, 2.05) is 26.0 Å². The molecule has 0 saturated heterocycles. The van der Waals surface area contributed by atoms with E-state index >= 15 is 0 Å². The molecule has 0 aliphatic heterocycles. The molecule has 0 heterocycles. The SMILES string of the molecule is CCOc1ccc(C#Cc2ccc(C#Cc3ccc(OCC)c(F)c3)c(CCCCCCCCCCCOC(=O)C3CC4C=CC3C4)c2)cc1F. The topological polar surface area (TPSA) is 44.8 Å². The van der Waals surface area contributed by atoms with Crippen molar-refractivity contribution in [1.29, 1.82) is 0 Å². The van der Waals surface area contributed by atoms with Crippen molar-refractivity contribution < 1.29 is 27.8 Å². The van der Waals surface area contributed by atoms with E-state index in [1.54, 1.807) is 24.3 Å². The number of carbonyl (C=O) groups is 1. The number of rotatable bonds is 17. The number of benzene rings is 3. The van der Waals surface area contributed by atoms with Crippen LogP contribution in [-0.4, -0.2) is 25.8 Å². The molecule has 0 radical (unpaired) electrons. The Labute approximate surface area is 303 Å². The van der Waals surface area contributed by atoms with Gasteiger partial charge in [0.05, 0.1) is 25.7 Å². The van der Waals surface area contributed by atoms with E-state index in [0.29, 0.717) is 42.8 Å². The predicted molar refractivity (Wildman–Crippen MR) is 199 cm³/mol. The lowest BCUT2D eigenvalue weighted by atomic mass is 9.94. The Morgan fingerprint density at radius 3 is 1.76 bits per heavy atom. The van der Waals surface area contributed by atoms with Crippen LogP contribution in [0.25, 0.3) is 0 Å². The third-order valence-corrected chi connectivity index (χ3v) is 9.68. The molecule has 0 aromatic heterocycles. The van der Waals surface area contributed by atoms with Gasteiger partial charge in [0.15, 0.2) is 23.1 Å². The first-order valence-corrected chi connectivity index (χ1v) is 18.8. The van der Waals surface area contributed by atoms with Gasteiger partial charge in [-0.15, -0.1) is 0 Å². The molecule has 3 unspecified atom stereocenters. The lowest BCUT2D eigenvalue weighted by Crippen LogP contribution is -2.21. The van der Waals surface area contributed by atoms with Crippen LogP contribution in [0.4, 0.5) is 8.78 Å². The van der Waals surface area contributed by atoms with E-state index in [0.717, 1.165) is 61.6 Å². The molecule has 4 nitrogen and oxygen atoms in total. The number of unbranched alkanes of at least 4 members (excludes halogenated alkanes) is 8. The summed E-state index contributed by atoms with van der Waals surface area (Å²) in [7, 11) is 0. The lowest BCUT2D eigenvalue weighted by Gasteiger charge is -2.16. The summed E-state index contributed by atoms with van der Waals surface area (Å²) in [5, 5.41) is 0. The molecule has 1 saturated carbocycles. The summed E-state index contributed by atoms with van der Waals surface area (Å²) in [6.45, 7) is 4.98. The van der Waals surface area contributed by atoms with Crippen LogP contribution < -0.4 is 9.47 Å². The fourth-order valence-corrected chi connectivity index (χ4v) is 6.97. The Hall–Kier alpha value is -4.55. The second kappa shape index (κ2) is 19.7. The Balaban J connectivity index is 1.08. The second-order valence-electron chi connectivity index (χ2n) is 13.5. The highest BCUT2D eigenvalue weighted by atomic mass is 19.1. The number of fused-ring (bicyclic) bond motifs is 2. The number of hydrogen-bond donors (Lipinski definition) is 0. The summed E-state index contributed by atoms with van der Waals surface area (Å²) < 4.78 is 45.0. The summed E-state index contributed by atoms with van der Waals surface area (Å²) in [6, 6.07) is 15.5. The molecule has 0 N–H and O–H groups in total. The van der Waals surface area contributed by atoms with Gasteiger partial charge < -0.3 is 14.2 Å². The molecule has 1 fully saturated rings. The van der Waals surface area contributed by atoms with Crippen molar-refractivity contribution in [1.82, 2.24) is 0 Å². The molecule has 2 aliphatic carbocycles. The first kappa shape index (κ1) is 37.7. The summed E-state index contributed by atoms with van der Waals surface area (Å²) in [4.78, 5) is 12.4. The monoisotopic (exact) mass is 692 g/mol. The third kappa shape index (κ3) is 11.5. The van der Waals surface area contributed by atoms with Crippen molar-refractivity contribution >= 4 is 5.97 Å². The highest BCUT2D eigenvalue weighted by Gasteiger charge is 2.40. The minimum Gasteiger partial charge on any atom is -0.491 e. The Kier molecular flexibility index (Phi) is 14.6. The maximum absolute atomic E-state index is 14.4. The van der Waals surface area contributed by atoms with Gasteiger partial charge in [-0.3, -0.25) is 4.79 Å². The number of halogens is 2. The van der Waals surface area contributed by atoms with E-state index in [4.69, 9.17) is 14.2 Å². The van der Waals surface area contributed by atoms with Crippen LogP contribution in [0, 0.1) is 53.1 Å². The quantitative estimate of drug-likeness (QED) is 0.0611. The standard InChI is InChI=1S/C45H50F2O4/c1-3-49-43-25-20-34(31-41(43)46)16-15-33-17-22-37(23-18-35-21-26-44(50-4-2)42(47)32-35)38(28-33)14-12-10-8-6-5-7-9-11-13-27-51-45(48)40-30-36-19-24-39(40)29-36/h17,19-22,24-26,28,31-32,36,39-40H,3-14,27,29-30H2,1-2H3. The highest BCUT2D eigenvalue weighted by molar-refractivity contribution is 5.74. The molecular formula is C45H50F2O4. The van der Waals surface area contributed by atoms with Crippen LogP contribution in [0.1, 0.15) is 112 Å². The lowest BCUT2D eigenvalue weighted by molar-refractivity contribution is -0.149. The van der Waals surface area contributed by atoms with Crippen molar-refractivity contribution in [3.8, 4) is 35.2 Å². The molecule has 0 spiro atoms. The fourth-order valence-electron chi connectivity index (χ4n) is 6.97. The molecule has 2 aliphatic rings. The van der Waals surface area contributed by atoms with Crippen LogP contribution in [0.2, 0.25) is 0 Å². The minimum absolute atomic E-state index is 0.00861. The zero-order chi connectivity index (χ0) is 35.8. The average Bonchev–Trinajstić information content (AvgIpc) is 3.77. The van der Waals surface area contributed by atoms with Gasteiger partial charge in [-0.2, -0.15) is 0 Å². The van der Waals surface area contributed by atoms with Gasteiger partial charge in [0, 0.05) is 22.3 Å². The van der Waals surface area contributed by atoms with E-state index in [9.17, 15) is 13.6 Å². The average molecular weight is 693 g/mol. The van der Waals surface area contributed by atoms with Crippen LogP contribution in [0.15, 0.2) is 66.7 Å². The van der Waals surface area contributed by atoms with E-state index in [2.05, 4.69) is 41.9 Å². The molecule has 0 amide bonds. The smallest absolute Gasteiger partial charge is 0.309 e. The van der Waals surface area contributed by atoms with Crippen molar-refractivity contribution in [2.24, 2.45) is 17.8 Å². The van der Waals surface area contributed by atoms with Gasteiger partial charge in [0.25, 0.3) is 0 Å². The molecule has 5 rings (SSSR count). The van der Waals surface area contributed by atoms with Crippen LogP contribution in [0.3, 0.4) is 0 Å². The third-order valence-electron chi connectivity index (χ3n) is 9.68. The number of aryl methyl sites for hydroxylation is 1. The van der Waals surface area contributed by atoms with Crippen LogP contribution >= 0.6 is 0 Å². The number of allylic oxidation sites excluding steroid dienone is 2. The number of hydrogen-bond acceptors (Lipinski definition) is 4. The van der Waals surface area contributed by atoms with E-state index in [-0.39, 0.29) is 23.4 Å². The fraction of sp³-hybridized carbons (Fsp3) is 0.444. The summed E-state index contributed by atoms with van der Waals surface area (Å²) in [5.74, 6) is 13.3. The van der Waals surface area contributed by atoms with Gasteiger partial charge in [-0.25, -0.2) is 8.78 Å². The van der Waals surface area contributed by atoms with Gasteiger partial charge in [-0.05, 0) is 118 Å². The van der Waals surface area contributed by atoms with Gasteiger partial charge >= 0.3 is 5.97 Å². The van der Waals surface area contributed by atoms with E-state index < -0.39 is 11.6 Å². The first-order chi connectivity index (χ1) is 24.9. The van der Waals surface area contributed by atoms with Crippen molar-refractivity contribution in [2.45, 2.75) is 90.9 Å². The van der Waals surface area contributed by atoms with Crippen LogP contribution in [0.5, 0.6) is 11.5 Å². The van der Waals surface area contributed by atoms with Gasteiger partial charge in [0.1, 0.15) is 0 Å². The number of esters is 1. The molecule has 51 heavy (non-hydrogen) atoms. The van der Waals surface area contributed by atoms with Crippen molar-refractivity contribution in [2.75, 3.05) is 19.8 Å². The maximum atomic E-state index is 14.4. The molecule has 268 valence electrons. The number of carbonyl (C=O) groups excluding carboxylic acids is 1. The van der Waals surface area contributed by atoms with Crippen molar-refractivity contribution in [3.63, 3.8) is 0 Å². The normalized spacial score (nSPS) is 17.0. The number of ether oxygens (including phenoxy) is 3. The van der Waals surface area contributed by atoms with Gasteiger partial charge in [0.2, 0.25) is 0 Å². The maximum Gasteiger partial charge on any atom is 0.309 e. The Morgan fingerprint density at radius 1 is 0.667 bits per heavy atom. The Morgan fingerprint density at radius 2 is 1.22 bits per heavy atom.